The van der Waals surface area contributed by atoms with Gasteiger partial charge in [0, 0.05) is 11.3 Å². The van der Waals surface area contributed by atoms with Crippen LogP contribution >= 0.6 is 11.3 Å². The molecular weight excluding hydrogens is 274 g/mol. The van der Waals surface area contributed by atoms with E-state index in [2.05, 4.69) is 16.4 Å². The molecule has 20 heavy (non-hydrogen) atoms. The summed E-state index contributed by atoms with van der Waals surface area (Å²) < 4.78 is 1.71. The standard InChI is InChI=1S/C14H13N3O2S/c1-9(8-10-4-3-7-20-10)17-13-11(14(18)19)5-2-6-12(13)15-16-17/h2-7,9H,8H2,1H3,(H,18,19). The van der Waals surface area contributed by atoms with Crippen molar-refractivity contribution in [3.05, 3.63) is 46.2 Å². The monoisotopic (exact) mass is 287 g/mol. The SMILES string of the molecule is CC(Cc1cccs1)n1nnc2cccc(C(=O)O)c21. The molecule has 1 N–H and O–H groups in total. The average molecular weight is 287 g/mol. The van der Waals surface area contributed by atoms with Gasteiger partial charge in [-0.3, -0.25) is 0 Å². The van der Waals surface area contributed by atoms with E-state index in [0.717, 1.165) is 6.42 Å². The molecule has 5 nitrogen and oxygen atoms in total. The summed E-state index contributed by atoms with van der Waals surface area (Å²) in [5.41, 5.74) is 1.44. The molecule has 0 saturated heterocycles. The molecule has 1 aromatic carbocycles. The highest BCUT2D eigenvalue weighted by Gasteiger charge is 2.18. The van der Waals surface area contributed by atoms with Crippen molar-refractivity contribution in [2.45, 2.75) is 19.4 Å². The summed E-state index contributed by atoms with van der Waals surface area (Å²) in [7, 11) is 0. The van der Waals surface area contributed by atoms with Crippen LogP contribution in [0.5, 0.6) is 0 Å². The first-order valence-corrected chi connectivity index (χ1v) is 7.14. The second kappa shape index (κ2) is 5.05. The van der Waals surface area contributed by atoms with Gasteiger partial charge in [-0.25, -0.2) is 9.48 Å². The molecule has 0 aliphatic heterocycles. The van der Waals surface area contributed by atoms with Crippen LogP contribution < -0.4 is 0 Å². The molecule has 0 bridgehead atoms. The Bertz CT molecular complexity index is 749. The number of rotatable bonds is 4. The summed E-state index contributed by atoms with van der Waals surface area (Å²) in [4.78, 5) is 12.6. The van der Waals surface area contributed by atoms with Gasteiger partial charge in [0.15, 0.2) is 0 Å². The minimum absolute atomic E-state index is 0.0548. The molecule has 0 fully saturated rings. The molecule has 0 spiro atoms. The van der Waals surface area contributed by atoms with Crippen LogP contribution in [0.2, 0.25) is 0 Å². The van der Waals surface area contributed by atoms with Crippen LogP contribution in [0.1, 0.15) is 28.2 Å². The Morgan fingerprint density at radius 1 is 1.40 bits per heavy atom. The van der Waals surface area contributed by atoms with Gasteiger partial charge in [0.25, 0.3) is 0 Å². The number of hydrogen-bond donors (Lipinski definition) is 1. The molecule has 2 heterocycles. The Balaban J connectivity index is 2.05. The third-order valence-corrected chi connectivity index (χ3v) is 4.12. The first kappa shape index (κ1) is 12.8. The lowest BCUT2D eigenvalue weighted by Gasteiger charge is -2.12. The van der Waals surface area contributed by atoms with Crippen LogP contribution in [-0.4, -0.2) is 26.1 Å². The fourth-order valence-corrected chi connectivity index (χ4v) is 3.11. The van der Waals surface area contributed by atoms with E-state index < -0.39 is 5.97 Å². The Morgan fingerprint density at radius 2 is 2.25 bits per heavy atom. The quantitative estimate of drug-likeness (QED) is 0.801. The third-order valence-electron chi connectivity index (χ3n) is 3.22. The number of hydrogen-bond acceptors (Lipinski definition) is 4. The lowest BCUT2D eigenvalue weighted by Crippen LogP contribution is -2.11. The number of benzene rings is 1. The molecule has 1 atom stereocenters. The number of para-hydroxylation sites is 1. The predicted octanol–water partition coefficient (Wildman–Crippen LogP) is 2.99. The second-order valence-corrected chi connectivity index (χ2v) is 5.68. The van der Waals surface area contributed by atoms with Crippen molar-refractivity contribution in [2.75, 3.05) is 0 Å². The third kappa shape index (κ3) is 2.18. The van der Waals surface area contributed by atoms with Gasteiger partial charge in [0.2, 0.25) is 0 Å². The van der Waals surface area contributed by atoms with E-state index >= 15 is 0 Å². The van der Waals surface area contributed by atoms with Crippen molar-refractivity contribution >= 4 is 28.3 Å². The summed E-state index contributed by atoms with van der Waals surface area (Å²) in [6.45, 7) is 2.02. The minimum atomic E-state index is -0.956. The molecular formula is C14H13N3O2S. The van der Waals surface area contributed by atoms with Crippen LogP contribution in [0.3, 0.4) is 0 Å². The molecule has 1 unspecified atom stereocenters. The average Bonchev–Trinajstić information content (AvgIpc) is 3.06. The van der Waals surface area contributed by atoms with Crippen molar-refractivity contribution in [2.24, 2.45) is 0 Å². The van der Waals surface area contributed by atoms with E-state index in [1.54, 1.807) is 34.2 Å². The molecule has 0 aliphatic carbocycles. The van der Waals surface area contributed by atoms with Gasteiger partial charge in [0.1, 0.15) is 11.0 Å². The summed E-state index contributed by atoms with van der Waals surface area (Å²) in [5, 5.41) is 19.5. The van der Waals surface area contributed by atoms with Gasteiger partial charge in [-0.05, 0) is 30.5 Å². The van der Waals surface area contributed by atoms with Crippen LogP contribution in [-0.2, 0) is 6.42 Å². The van der Waals surface area contributed by atoms with Gasteiger partial charge in [-0.2, -0.15) is 0 Å². The van der Waals surface area contributed by atoms with Gasteiger partial charge < -0.3 is 5.11 Å². The summed E-state index contributed by atoms with van der Waals surface area (Å²) >= 11 is 1.69. The van der Waals surface area contributed by atoms with Gasteiger partial charge in [-0.15, -0.1) is 16.4 Å². The Labute approximate surface area is 119 Å². The van der Waals surface area contributed by atoms with E-state index in [4.69, 9.17) is 0 Å². The number of nitrogens with zero attached hydrogens (tertiary/aromatic N) is 3. The number of fused-ring (bicyclic) bond motifs is 1. The summed E-state index contributed by atoms with van der Waals surface area (Å²) in [6.07, 6.45) is 0.810. The topological polar surface area (TPSA) is 68.0 Å². The Kier molecular flexibility index (Phi) is 3.23. The number of carbonyl (C=O) groups is 1. The normalized spacial score (nSPS) is 12.7. The van der Waals surface area contributed by atoms with Gasteiger partial charge in [0.05, 0.1) is 11.6 Å². The summed E-state index contributed by atoms with van der Waals surface area (Å²) in [5.74, 6) is -0.956. The number of carboxylic acids is 1. The molecule has 2 aromatic heterocycles. The largest absolute Gasteiger partial charge is 0.478 e. The van der Waals surface area contributed by atoms with Crippen LogP contribution in [0.25, 0.3) is 11.0 Å². The number of thiophene rings is 1. The van der Waals surface area contributed by atoms with E-state index in [9.17, 15) is 9.90 Å². The van der Waals surface area contributed by atoms with Crippen molar-refractivity contribution in [3.8, 4) is 0 Å². The molecule has 3 rings (SSSR count). The molecule has 102 valence electrons. The van der Waals surface area contributed by atoms with E-state index in [0.29, 0.717) is 11.0 Å². The predicted molar refractivity (Wildman–Crippen MR) is 77.2 cm³/mol. The molecule has 0 radical (unpaired) electrons. The lowest BCUT2D eigenvalue weighted by atomic mass is 10.1. The molecule has 3 aromatic rings. The maximum Gasteiger partial charge on any atom is 0.337 e. The van der Waals surface area contributed by atoms with Crippen LogP contribution in [0, 0.1) is 0 Å². The molecule has 0 aliphatic rings. The highest BCUT2D eigenvalue weighted by molar-refractivity contribution is 7.09. The smallest absolute Gasteiger partial charge is 0.337 e. The highest BCUT2D eigenvalue weighted by atomic mass is 32.1. The fourth-order valence-electron chi connectivity index (χ4n) is 2.28. The van der Waals surface area contributed by atoms with Gasteiger partial charge >= 0.3 is 5.97 Å². The minimum Gasteiger partial charge on any atom is -0.478 e. The van der Waals surface area contributed by atoms with Crippen LogP contribution in [0.15, 0.2) is 35.7 Å². The van der Waals surface area contributed by atoms with E-state index in [-0.39, 0.29) is 11.6 Å². The van der Waals surface area contributed by atoms with Crippen LogP contribution in [0.4, 0.5) is 0 Å². The number of aromatic nitrogens is 3. The van der Waals surface area contributed by atoms with E-state index in [1.807, 2.05) is 18.4 Å². The second-order valence-electron chi connectivity index (χ2n) is 4.64. The first-order valence-electron chi connectivity index (χ1n) is 6.26. The van der Waals surface area contributed by atoms with Crippen molar-refractivity contribution in [3.63, 3.8) is 0 Å². The summed E-state index contributed by atoms with van der Waals surface area (Å²) in [6, 6.07) is 9.19. The maximum absolute atomic E-state index is 11.3. The molecule has 0 amide bonds. The van der Waals surface area contributed by atoms with E-state index in [1.165, 1.54) is 4.88 Å². The molecule has 0 saturated carbocycles. The first-order chi connectivity index (χ1) is 9.66. The maximum atomic E-state index is 11.3. The Hall–Kier alpha value is -2.21. The lowest BCUT2D eigenvalue weighted by molar-refractivity contribution is 0.0698. The Morgan fingerprint density at radius 3 is 2.95 bits per heavy atom. The number of aromatic carboxylic acids is 1. The van der Waals surface area contributed by atoms with Crippen molar-refractivity contribution in [1.29, 1.82) is 0 Å². The zero-order chi connectivity index (χ0) is 14.1. The fraction of sp³-hybridized carbons (Fsp3) is 0.214. The highest BCUT2D eigenvalue weighted by Crippen LogP contribution is 2.23. The van der Waals surface area contributed by atoms with Gasteiger partial charge in [-0.1, -0.05) is 17.3 Å². The molecule has 6 heteroatoms. The zero-order valence-corrected chi connectivity index (χ0v) is 11.7. The van der Waals surface area contributed by atoms with Crippen molar-refractivity contribution < 1.29 is 9.90 Å². The van der Waals surface area contributed by atoms with Crippen molar-refractivity contribution in [1.82, 2.24) is 15.0 Å². The zero-order valence-electron chi connectivity index (χ0n) is 10.9. The number of carboxylic acid groups (broad SMARTS) is 1.